The van der Waals surface area contributed by atoms with Crippen LogP contribution in [0.5, 0.6) is 0 Å². The summed E-state index contributed by atoms with van der Waals surface area (Å²) < 4.78 is 45.4. The molecule has 0 saturated carbocycles. The van der Waals surface area contributed by atoms with E-state index < -0.39 is 23.7 Å². The van der Waals surface area contributed by atoms with Crippen molar-refractivity contribution in [2.45, 2.75) is 18.3 Å². The molecule has 0 spiro atoms. The van der Waals surface area contributed by atoms with E-state index in [1.807, 2.05) is 5.32 Å². The van der Waals surface area contributed by atoms with Crippen LogP contribution in [0.15, 0.2) is 41.9 Å². The Hall–Kier alpha value is -2.62. The Bertz CT molecular complexity index is 723. The number of benzene rings is 1. The number of ether oxygens (including phenoxy) is 1. The number of aromatic nitrogens is 1. The summed E-state index contributed by atoms with van der Waals surface area (Å²) in [5, 5.41) is 4.91. The molecule has 1 atom stereocenters. The maximum Gasteiger partial charge on any atom is 0.442 e. The lowest BCUT2D eigenvalue weighted by molar-refractivity contribution is -0.206. The largest absolute Gasteiger partial charge is 0.466 e. The molecule has 1 aromatic heterocycles. The minimum atomic E-state index is -5.17. The molecule has 6 nitrogen and oxygen atoms in total. The first-order valence-corrected chi connectivity index (χ1v) is 7.84. The zero-order chi connectivity index (χ0) is 18.5. The number of carbonyl (C=O) groups excluding carboxylic acids is 2. The van der Waals surface area contributed by atoms with E-state index in [1.54, 1.807) is 35.6 Å². The van der Waals surface area contributed by atoms with Gasteiger partial charge in [0.25, 0.3) is 0 Å². The van der Waals surface area contributed by atoms with Crippen LogP contribution in [0.3, 0.4) is 0 Å². The minimum absolute atomic E-state index is 0.192. The van der Waals surface area contributed by atoms with Gasteiger partial charge in [-0.25, -0.2) is 9.78 Å². The number of halogens is 3. The van der Waals surface area contributed by atoms with Gasteiger partial charge in [0.05, 0.1) is 13.5 Å². The topological polar surface area (TPSA) is 80.3 Å². The third kappa shape index (κ3) is 4.27. The van der Waals surface area contributed by atoms with Crippen LogP contribution >= 0.6 is 11.3 Å². The van der Waals surface area contributed by atoms with Crippen LogP contribution in [-0.4, -0.2) is 35.8 Å². The molecule has 1 heterocycles. The van der Waals surface area contributed by atoms with E-state index in [-0.39, 0.29) is 11.6 Å². The molecule has 2 rings (SSSR count). The number of amides is 1. The van der Waals surface area contributed by atoms with Crippen molar-refractivity contribution in [3.8, 4) is 0 Å². The van der Waals surface area contributed by atoms with Crippen molar-refractivity contribution in [3.05, 3.63) is 47.5 Å². The molecule has 134 valence electrons. The van der Waals surface area contributed by atoms with Crippen LogP contribution in [0.25, 0.3) is 0 Å². The summed E-state index contributed by atoms with van der Waals surface area (Å²) in [5.41, 5.74) is -2.94. The van der Waals surface area contributed by atoms with E-state index in [1.165, 1.54) is 11.6 Å². The molecule has 0 unspecified atom stereocenters. The summed E-state index contributed by atoms with van der Waals surface area (Å²) in [6.45, 7) is 0. The van der Waals surface area contributed by atoms with Crippen molar-refractivity contribution in [1.82, 2.24) is 10.3 Å². The fraction of sp³-hybridized carbons (Fsp3) is 0.267. The quantitative estimate of drug-likeness (QED) is 0.600. The van der Waals surface area contributed by atoms with Gasteiger partial charge >= 0.3 is 17.8 Å². The summed E-state index contributed by atoms with van der Waals surface area (Å²) >= 11 is 0.844. The predicted molar refractivity (Wildman–Crippen MR) is 84.8 cm³/mol. The van der Waals surface area contributed by atoms with E-state index in [0.717, 1.165) is 18.4 Å². The summed E-state index contributed by atoms with van der Waals surface area (Å²) in [5.74, 6) is -2.70. The number of esters is 1. The standard InChI is InChI=1S/C15H14F3N3O3S/c1-24-12(23)14(15(16,17)18,21-13-19-7-8-25-13)20-11(22)9-10-5-3-2-4-6-10/h2-8H,9H2,1H3,(H,19,21)(H,20,22)/t14-/m0/s1. The highest BCUT2D eigenvalue weighted by Crippen LogP contribution is 2.33. The van der Waals surface area contributed by atoms with Crippen LogP contribution in [0.2, 0.25) is 0 Å². The Morgan fingerprint density at radius 1 is 1.24 bits per heavy atom. The van der Waals surface area contributed by atoms with Crippen molar-refractivity contribution in [2.24, 2.45) is 0 Å². The molecular formula is C15H14F3N3O3S. The molecule has 0 aliphatic rings. The van der Waals surface area contributed by atoms with Gasteiger partial charge in [-0.1, -0.05) is 30.3 Å². The predicted octanol–water partition coefficient (Wildman–Crippen LogP) is 2.35. The smallest absolute Gasteiger partial charge is 0.442 e. The normalized spacial score (nSPS) is 13.6. The molecule has 0 bridgehead atoms. The van der Waals surface area contributed by atoms with Gasteiger partial charge < -0.3 is 15.4 Å². The molecule has 0 saturated heterocycles. The molecule has 2 N–H and O–H groups in total. The van der Waals surface area contributed by atoms with Gasteiger partial charge in [-0.15, -0.1) is 11.3 Å². The zero-order valence-corrected chi connectivity index (χ0v) is 13.8. The fourth-order valence-electron chi connectivity index (χ4n) is 2.02. The average Bonchev–Trinajstić information content (AvgIpc) is 3.06. The van der Waals surface area contributed by atoms with E-state index in [9.17, 15) is 22.8 Å². The molecule has 0 aliphatic carbocycles. The van der Waals surface area contributed by atoms with Crippen molar-refractivity contribution in [2.75, 3.05) is 12.4 Å². The number of rotatable bonds is 6. The molecule has 0 aliphatic heterocycles. The number of hydrogen-bond donors (Lipinski definition) is 2. The summed E-state index contributed by atoms with van der Waals surface area (Å²) in [6.07, 6.45) is -4.25. The Balaban J connectivity index is 2.32. The van der Waals surface area contributed by atoms with Crippen LogP contribution < -0.4 is 10.6 Å². The Morgan fingerprint density at radius 2 is 1.92 bits per heavy atom. The molecule has 1 aromatic carbocycles. The lowest BCUT2D eigenvalue weighted by atomic mass is 10.1. The highest BCUT2D eigenvalue weighted by Gasteiger charge is 2.63. The number of nitrogens with one attached hydrogen (secondary N) is 2. The second-order valence-electron chi connectivity index (χ2n) is 4.91. The van der Waals surface area contributed by atoms with E-state index >= 15 is 0 Å². The van der Waals surface area contributed by atoms with Crippen molar-refractivity contribution >= 4 is 28.3 Å². The first-order chi connectivity index (χ1) is 11.8. The summed E-state index contributed by atoms with van der Waals surface area (Å²) in [7, 11) is 0.801. The van der Waals surface area contributed by atoms with Crippen LogP contribution in [0.1, 0.15) is 5.56 Å². The Morgan fingerprint density at radius 3 is 2.44 bits per heavy atom. The van der Waals surface area contributed by atoms with E-state index in [0.29, 0.717) is 5.56 Å². The SMILES string of the molecule is COC(=O)[C@](NC(=O)Cc1ccccc1)(Nc1nccs1)C(F)(F)F. The van der Waals surface area contributed by atoms with Crippen LogP contribution in [0.4, 0.5) is 18.3 Å². The van der Waals surface area contributed by atoms with Gasteiger partial charge in [0, 0.05) is 11.6 Å². The first-order valence-electron chi connectivity index (χ1n) is 6.96. The van der Waals surface area contributed by atoms with Gasteiger partial charge in [0.1, 0.15) is 0 Å². The molecule has 0 fully saturated rings. The number of carbonyl (C=O) groups is 2. The lowest BCUT2D eigenvalue weighted by Gasteiger charge is -2.34. The zero-order valence-electron chi connectivity index (χ0n) is 13.0. The van der Waals surface area contributed by atoms with Crippen molar-refractivity contribution in [1.29, 1.82) is 0 Å². The second kappa shape index (κ2) is 7.51. The number of hydrogen-bond acceptors (Lipinski definition) is 6. The second-order valence-corrected chi connectivity index (χ2v) is 5.81. The monoisotopic (exact) mass is 373 g/mol. The molecule has 1 amide bonds. The number of thiazole rings is 1. The number of methoxy groups -OCH3 is 1. The van der Waals surface area contributed by atoms with Crippen LogP contribution in [0, 0.1) is 0 Å². The molecule has 10 heteroatoms. The molecule has 25 heavy (non-hydrogen) atoms. The van der Waals surface area contributed by atoms with Crippen LogP contribution in [-0.2, 0) is 20.7 Å². The summed E-state index contributed by atoms with van der Waals surface area (Å²) in [6, 6.07) is 8.17. The third-order valence-corrected chi connectivity index (χ3v) is 3.87. The van der Waals surface area contributed by atoms with Gasteiger partial charge in [-0.3, -0.25) is 4.79 Å². The Kier molecular flexibility index (Phi) is 5.62. The average molecular weight is 373 g/mol. The molecule has 0 radical (unpaired) electrons. The van der Waals surface area contributed by atoms with Gasteiger partial charge in [0.2, 0.25) is 5.91 Å². The van der Waals surface area contributed by atoms with Crippen molar-refractivity contribution in [3.63, 3.8) is 0 Å². The maximum absolute atomic E-state index is 13.7. The number of alkyl halides is 3. The lowest BCUT2D eigenvalue weighted by Crippen LogP contribution is -2.69. The fourth-order valence-corrected chi connectivity index (χ4v) is 2.61. The Labute approximate surface area is 145 Å². The van der Waals surface area contributed by atoms with E-state index in [2.05, 4.69) is 9.72 Å². The third-order valence-electron chi connectivity index (χ3n) is 3.18. The highest BCUT2D eigenvalue weighted by atomic mass is 32.1. The maximum atomic E-state index is 13.7. The van der Waals surface area contributed by atoms with Crippen molar-refractivity contribution < 1.29 is 27.5 Å². The minimum Gasteiger partial charge on any atom is -0.466 e. The number of nitrogens with zero attached hydrogens (tertiary/aromatic N) is 1. The molecule has 2 aromatic rings. The van der Waals surface area contributed by atoms with Gasteiger partial charge in [-0.05, 0) is 5.56 Å². The van der Waals surface area contributed by atoms with Gasteiger partial charge in [-0.2, -0.15) is 13.2 Å². The van der Waals surface area contributed by atoms with E-state index in [4.69, 9.17) is 0 Å². The summed E-state index contributed by atoms with van der Waals surface area (Å²) in [4.78, 5) is 27.8. The van der Waals surface area contributed by atoms with Gasteiger partial charge in [0.15, 0.2) is 5.13 Å². The highest BCUT2D eigenvalue weighted by molar-refractivity contribution is 7.13. The molecular weight excluding hydrogens is 359 g/mol. The first kappa shape index (κ1) is 18.7. The number of anilines is 1.